The monoisotopic (exact) mass is 186 g/mol. The minimum atomic E-state index is -0.431. The molecule has 0 rings (SSSR count). The third-order valence-corrected chi connectivity index (χ3v) is 1.97. The number of carbonyl (C=O) groups excluding carboxylic acids is 2. The largest absolute Gasteiger partial charge is 0.393 e. The van der Waals surface area contributed by atoms with Crippen LogP contribution in [-0.4, -0.2) is 11.9 Å². The Morgan fingerprint density at radius 3 is 2.23 bits per heavy atom. The summed E-state index contributed by atoms with van der Waals surface area (Å²) in [6.07, 6.45) is 2.73. The average molecular weight is 186 g/mol. The molecule has 1 atom stereocenters. The van der Waals surface area contributed by atoms with Gasteiger partial charge in [0.2, 0.25) is 0 Å². The van der Waals surface area contributed by atoms with Crippen molar-refractivity contribution in [2.24, 2.45) is 5.92 Å². The van der Waals surface area contributed by atoms with E-state index < -0.39 is 5.97 Å². The van der Waals surface area contributed by atoms with Crippen LogP contribution in [0.5, 0.6) is 0 Å². The van der Waals surface area contributed by atoms with Crippen molar-refractivity contribution in [1.82, 2.24) is 0 Å². The van der Waals surface area contributed by atoms with Crippen LogP contribution < -0.4 is 0 Å². The molecule has 13 heavy (non-hydrogen) atoms. The van der Waals surface area contributed by atoms with Gasteiger partial charge in [-0.05, 0) is 12.8 Å². The van der Waals surface area contributed by atoms with Gasteiger partial charge in [0.05, 0.1) is 5.92 Å². The quantitative estimate of drug-likeness (QED) is 0.488. The Labute approximate surface area is 79.5 Å². The molecular formula is C10H18O3. The molecule has 76 valence electrons. The lowest BCUT2D eigenvalue weighted by atomic mass is 10.0. The number of hydrogen-bond donors (Lipinski definition) is 0. The first-order valence-electron chi connectivity index (χ1n) is 4.90. The first kappa shape index (κ1) is 12.1. The van der Waals surface area contributed by atoms with Gasteiger partial charge in [-0.3, -0.25) is 9.59 Å². The molecule has 0 aliphatic carbocycles. The fourth-order valence-electron chi connectivity index (χ4n) is 1.10. The van der Waals surface area contributed by atoms with Crippen molar-refractivity contribution in [1.29, 1.82) is 0 Å². The number of hydrogen-bond acceptors (Lipinski definition) is 3. The predicted octanol–water partition coefficient (Wildman–Crippen LogP) is 2.29. The van der Waals surface area contributed by atoms with Gasteiger partial charge in [-0.15, -0.1) is 0 Å². The van der Waals surface area contributed by atoms with Crippen LogP contribution in [0.2, 0.25) is 0 Å². The minimum absolute atomic E-state index is 0.111. The molecule has 0 N–H and O–H groups in total. The molecule has 0 fully saturated rings. The van der Waals surface area contributed by atoms with E-state index in [0.717, 1.165) is 19.3 Å². The van der Waals surface area contributed by atoms with Crippen LogP contribution in [0.25, 0.3) is 0 Å². The van der Waals surface area contributed by atoms with Gasteiger partial charge in [0.1, 0.15) is 0 Å². The van der Waals surface area contributed by atoms with E-state index in [1.165, 1.54) is 0 Å². The Kier molecular flexibility index (Phi) is 6.20. The molecule has 3 nitrogen and oxygen atoms in total. The van der Waals surface area contributed by atoms with Crippen LogP contribution in [0.3, 0.4) is 0 Å². The van der Waals surface area contributed by atoms with Crippen LogP contribution in [0.1, 0.15) is 46.5 Å². The fourth-order valence-corrected chi connectivity index (χ4v) is 1.10. The maximum Gasteiger partial charge on any atom is 0.316 e. The van der Waals surface area contributed by atoms with Crippen molar-refractivity contribution in [3.8, 4) is 0 Å². The number of ether oxygens (including phenoxy) is 1. The maximum atomic E-state index is 11.3. The van der Waals surface area contributed by atoms with Crippen LogP contribution in [0, 0.1) is 5.92 Å². The van der Waals surface area contributed by atoms with E-state index >= 15 is 0 Å². The van der Waals surface area contributed by atoms with Crippen molar-refractivity contribution in [2.75, 3.05) is 0 Å². The lowest BCUT2D eigenvalue weighted by molar-refractivity contribution is -0.162. The van der Waals surface area contributed by atoms with Crippen LogP contribution in [-0.2, 0) is 14.3 Å². The minimum Gasteiger partial charge on any atom is -0.393 e. The van der Waals surface area contributed by atoms with Crippen molar-refractivity contribution < 1.29 is 14.3 Å². The first-order chi connectivity index (χ1) is 6.15. The summed E-state index contributed by atoms with van der Waals surface area (Å²) >= 11 is 0. The van der Waals surface area contributed by atoms with Crippen LogP contribution in [0.15, 0.2) is 0 Å². The fraction of sp³-hybridized carbons (Fsp3) is 0.800. The topological polar surface area (TPSA) is 43.4 Å². The molecule has 0 saturated carbocycles. The SMILES string of the molecule is CCCC(CC)C(=O)OC(=O)CC. The van der Waals surface area contributed by atoms with Crippen LogP contribution >= 0.6 is 0 Å². The van der Waals surface area contributed by atoms with Gasteiger partial charge < -0.3 is 4.74 Å². The van der Waals surface area contributed by atoms with E-state index in [2.05, 4.69) is 4.74 Å². The smallest absolute Gasteiger partial charge is 0.316 e. The van der Waals surface area contributed by atoms with Crippen molar-refractivity contribution in [2.45, 2.75) is 46.5 Å². The molecular weight excluding hydrogens is 168 g/mol. The van der Waals surface area contributed by atoms with E-state index in [1.54, 1.807) is 6.92 Å². The average Bonchev–Trinajstić information content (AvgIpc) is 2.13. The molecule has 0 amide bonds. The molecule has 0 aromatic heterocycles. The number of esters is 2. The Morgan fingerprint density at radius 2 is 1.85 bits per heavy atom. The number of rotatable bonds is 5. The van der Waals surface area contributed by atoms with Crippen molar-refractivity contribution in [3.63, 3.8) is 0 Å². The lowest BCUT2D eigenvalue weighted by Gasteiger charge is -2.10. The van der Waals surface area contributed by atoms with E-state index in [1.807, 2.05) is 13.8 Å². The molecule has 0 spiro atoms. The van der Waals surface area contributed by atoms with Gasteiger partial charge in [0, 0.05) is 6.42 Å². The molecule has 0 radical (unpaired) electrons. The van der Waals surface area contributed by atoms with Gasteiger partial charge in [0.15, 0.2) is 0 Å². The zero-order valence-corrected chi connectivity index (χ0v) is 8.63. The first-order valence-corrected chi connectivity index (χ1v) is 4.90. The standard InChI is InChI=1S/C10H18O3/c1-4-7-8(5-2)10(12)13-9(11)6-3/h8H,4-7H2,1-3H3. The highest BCUT2D eigenvalue weighted by Gasteiger charge is 2.19. The summed E-state index contributed by atoms with van der Waals surface area (Å²) in [6.45, 7) is 5.62. The summed E-state index contributed by atoms with van der Waals surface area (Å²) in [7, 11) is 0. The third-order valence-electron chi connectivity index (χ3n) is 1.97. The zero-order valence-electron chi connectivity index (χ0n) is 8.63. The molecule has 0 aliphatic heterocycles. The summed E-state index contributed by atoms with van der Waals surface area (Å²) in [6, 6.07) is 0. The second-order valence-corrected chi connectivity index (χ2v) is 3.04. The lowest BCUT2D eigenvalue weighted by Crippen LogP contribution is -2.20. The highest BCUT2D eigenvalue weighted by Crippen LogP contribution is 2.12. The van der Waals surface area contributed by atoms with E-state index in [-0.39, 0.29) is 18.3 Å². The Bertz CT molecular complexity index is 175. The highest BCUT2D eigenvalue weighted by atomic mass is 16.6. The van der Waals surface area contributed by atoms with Crippen molar-refractivity contribution in [3.05, 3.63) is 0 Å². The molecule has 0 bridgehead atoms. The molecule has 0 aliphatic rings. The van der Waals surface area contributed by atoms with E-state index in [0.29, 0.717) is 0 Å². The zero-order chi connectivity index (χ0) is 10.3. The molecule has 0 aromatic carbocycles. The second kappa shape index (κ2) is 6.63. The Balaban J connectivity index is 3.98. The molecule has 0 aromatic rings. The molecule has 1 unspecified atom stereocenters. The Morgan fingerprint density at radius 1 is 1.23 bits per heavy atom. The summed E-state index contributed by atoms with van der Waals surface area (Å²) in [5, 5.41) is 0. The molecule has 0 heterocycles. The van der Waals surface area contributed by atoms with Gasteiger partial charge in [-0.1, -0.05) is 27.2 Å². The molecule has 3 heteroatoms. The Hall–Kier alpha value is -0.860. The van der Waals surface area contributed by atoms with Gasteiger partial charge >= 0.3 is 11.9 Å². The van der Waals surface area contributed by atoms with Gasteiger partial charge in [-0.2, -0.15) is 0 Å². The highest BCUT2D eigenvalue weighted by molar-refractivity contribution is 5.86. The normalized spacial score (nSPS) is 12.2. The third kappa shape index (κ3) is 4.65. The van der Waals surface area contributed by atoms with Crippen molar-refractivity contribution >= 4 is 11.9 Å². The predicted molar refractivity (Wildman–Crippen MR) is 50.1 cm³/mol. The van der Waals surface area contributed by atoms with Gasteiger partial charge in [0.25, 0.3) is 0 Å². The second-order valence-electron chi connectivity index (χ2n) is 3.04. The summed E-state index contributed by atoms with van der Waals surface area (Å²) in [5.41, 5.74) is 0. The summed E-state index contributed by atoms with van der Waals surface area (Å²) in [4.78, 5) is 22.1. The van der Waals surface area contributed by atoms with Gasteiger partial charge in [-0.25, -0.2) is 0 Å². The maximum absolute atomic E-state index is 11.3. The molecule has 0 saturated heterocycles. The van der Waals surface area contributed by atoms with E-state index in [9.17, 15) is 9.59 Å². The number of carbonyl (C=O) groups is 2. The summed E-state index contributed by atoms with van der Waals surface area (Å²) in [5.74, 6) is -0.906. The summed E-state index contributed by atoms with van der Waals surface area (Å²) < 4.78 is 4.63. The van der Waals surface area contributed by atoms with Crippen LogP contribution in [0.4, 0.5) is 0 Å². The van der Waals surface area contributed by atoms with E-state index in [4.69, 9.17) is 0 Å².